The second kappa shape index (κ2) is 5.54. The van der Waals surface area contributed by atoms with Gasteiger partial charge < -0.3 is 0 Å². The molecule has 19 heavy (non-hydrogen) atoms. The number of sulfonamides is 1. The van der Waals surface area contributed by atoms with Crippen LogP contribution >= 0.6 is 0 Å². The molecule has 0 saturated heterocycles. The van der Waals surface area contributed by atoms with Crippen LogP contribution in [-0.4, -0.2) is 25.2 Å². The third-order valence-electron chi connectivity index (χ3n) is 3.02. The summed E-state index contributed by atoms with van der Waals surface area (Å²) < 4.78 is 26.8. The molecule has 0 radical (unpaired) electrons. The van der Waals surface area contributed by atoms with Crippen molar-refractivity contribution in [2.24, 2.45) is 0 Å². The van der Waals surface area contributed by atoms with Crippen molar-refractivity contribution in [3.05, 3.63) is 47.8 Å². The van der Waals surface area contributed by atoms with E-state index in [0.29, 0.717) is 12.2 Å². The van der Waals surface area contributed by atoms with E-state index in [1.165, 1.54) is 6.20 Å². The Labute approximate surface area is 113 Å². The first-order valence-corrected chi connectivity index (χ1v) is 7.53. The molecule has 2 aromatic rings. The average Bonchev–Trinajstić information content (AvgIpc) is 2.84. The smallest absolute Gasteiger partial charge is 0.243 e. The fourth-order valence-corrected chi connectivity index (χ4v) is 3.09. The summed E-state index contributed by atoms with van der Waals surface area (Å²) in [6.07, 6.45) is 1.32. The van der Waals surface area contributed by atoms with E-state index >= 15 is 0 Å². The number of H-pyrrole nitrogens is 1. The van der Waals surface area contributed by atoms with E-state index in [9.17, 15) is 8.42 Å². The van der Waals surface area contributed by atoms with E-state index in [0.717, 1.165) is 5.56 Å². The van der Waals surface area contributed by atoms with E-state index in [-0.39, 0.29) is 10.8 Å². The molecule has 1 atom stereocenters. The molecule has 0 aliphatic rings. The van der Waals surface area contributed by atoms with Gasteiger partial charge in [0, 0.05) is 6.54 Å². The maximum Gasteiger partial charge on any atom is 0.243 e. The fourth-order valence-electron chi connectivity index (χ4n) is 1.82. The van der Waals surface area contributed by atoms with Crippen LogP contribution in [0.4, 0.5) is 0 Å². The lowest BCUT2D eigenvalue weighted by atomic mass is 10.0. The Morgan fingerprint density at radius 2 is 2.00 bits per heavy atom. The summed E-state index contributed by atoms with van der Waals surface area (Å²) in [5.74, 6) is 0.114. The lowest BCUT2D eigenvalue weighted by molar-refractivity contribution is 0.574. The number of nitrogens with one attached hydrogen (secondary N) is 2. The van der Waals surface area contributed by atoms with Crippen LogP contribution in [0.25, 0.3) is 0 Å². The van der Waals surface area contributed by atoms with Gasteiger partial charge in [0.25, 0.3) is 0 Å². The lowest BCUT2D eigenvalue weighted by Crippen LogP contribution is -2.28. The predicted octanol–water partition coefficient (Wildman–Crippen LogP) is 1.80. The molecule has 1 aromatic heterocycles. The highest BCUT2D eigenvalue weighted by Gasteiger charge is 2.19. The first kappa shape index (κ1) is 13.8. The number of hydrogen-bond acceptors (Lipinski definition) is 3. The Morgan fingerprint density at radius 3 is 2.58 bits per heavy atom. The Bertz CT molecular complexity index is 635. The molecule has 102 valence electrons. The summed E-state index contributed by atoms with van der Waals surface area (Å²) in [6, 6.07) is 9.81. The molecule has 0 aliphatic heterocycles. The highest BCUT2D eigenvalue weighted by molar-refractivity contribution is 7.89. The zero-order valence-electron chi connectivity index (χ0n) is 10.9. The number of nitrogens with zero attached hydrogens (tertiary/aromatic N) is 1. The van der Waals surface area contributed by atoms with Gasteiger partial charge in [-0.3, -0.25) is 5.10 Å². The predicted molar refractivity (Wildman–Crippen MR) is 73.4 cm³/mol. The van der Waals surface area contributed by atoms with Crippen molar-refractivity contribution in [3.8, 4) is 0 Å². The largest absolute Gasteiger partial charge is 0.281 e. The van der Waals surface area contributed by atoms with Gasteiger partial charge >= 0.3 is 0 Å². The SMILES string of the molecule is Cc1[nH]ncc1S(=O)(=O)NCC(C)c1ccccc1. The van der Waals surface area contributed by atoms with Crippen LogP contribution in [0.15, 0.2) is 41.4 Å². The van der Waals surface area contributed by atoms with Gasteiger partial charge in [0.05, 0.1) is 11.9 Å². The molecule has 0 spiro atoms. The quantitative estimate of drug-likeness (QED) is 0.876. The van der Waals surface area contributed by atoms with E-state index in [1.54, 1.807) is 6.92 Å². The number of hydrogen-bond donors (Lipinski definition) is 2. The number of aryl methyl sites for hydroxylation is 1. The second-order valence-corrected chi connectivity index (χ2v) is 6.26. The minimum atomic E-state index is -3.49. The summed E-state index contributed by atoms with van der Waals surface area (Å²) >= 11 is 0. The average molecular weight is 279 g/mol. The summed E-state index contributed by atoms with van der Waals surface area (Å²) in [6.45, 7) is 4.03. The zero-order valence-corrected chi connectivity index (χ0v) is 11.7. The highest BCUT2D eigenvalue weighted by atomic mass is 32.2. The first-order valence-electron chi connectivity index (χ1n) is 6.05. The van der Waals surface area contributed by atoms with Gasteiger partial charge in [0.2, 0.25) is 10.0 Å². The van der Waals surface area contributed by atoms with Crippen LogP contribution in [0.5, 0.6) is 0 Å². The maximum absolute atomic E-state index is 12.1. The standard InChI is InChI=1S/C13H17N3O2S/c1-10(12-6-4-3-5-7-12)8-15-19(17,18)13-9-14-16-11(13)2/h3-7,9-10,15H,8H2,1-2H3,(H,14,16). The molecule has 1 unspecified atom stereocenters. The van der Waals surface area contributed by atoms with Gasteiger partial charge in [-0.05, 0) is 18.4 Å². The van der Waals surface area contributed by atoms with Crippen LogP contribution in [-0.2, 0) is 10.0 Å². The molecule has 0 saturated carbocycles. The van der Waals surface area contributed by atoms with Gasteiger partial charge in [0.15, 0.2) is 0 Å². The van der Waals surface area contributed by atoms with E-state index in [4.69, 9.17) is 0 Å². The molecular weight excluding hydrogens is 262 g/mol. The molecule has 2 rings (SSSR count). The first-order chi connectivity index (χ1) is 9.00. The number of rotatable bonds is 5. The van der Waals surface area contributed by atoms with Gasteiger partial charge in [-0.25, -0.2) is 13.1 Å². The number of aromatic nitrogens is 2. The topological polar surface area (TPSA) is 74.8 Å². The molecule has 6 heteroatoms. The van der Waals surface area contributed by atoms with Crippen molar-refractivity contribution in [1.29, 1.82) is 0 Å². The fraction of sp³-hybridized carbons (Fsp3) is 0.308. The minimum Gasteiger partial charge on any atom is -0.281 e. The van der Waals surface area contributed by atoms with E-state index in [2.05, 4.69) is 14.9 Å². The van der Waals surface area contributed by atoms with E-state index in [1.807, 2.05) is 37.3 Å². The van der Waals surface area contributed by atoms with Gasteiger partial charge in [-0.15, -0.1) is 0 Å². The molecule has 5 nitrogen and oxygen atoms in total. The Balaban J connectivity index is 2.05. The van der Waals surface area contributed by atoms with Crippen LogP contribution in [0.1, 0.15) is 24.1 Å². The van der Waals surface area contributed by atoms with Crippen LogP contribution < -0.4 is 4.72 Å². The Hall–Kier alpha value is -1.66. The van der Waals surface area contributed by atoms with Crippen molar-refractivity contribution in [2.45, 2.75) is 24.7 Å². The number of aromatic amines is 1. The monoisotopic (exact) mass is 279 g/mol. The molecule has 1 aromatic carbocycles. The summed E-state index contributed by atoms with van der Waals surface area (Å²) in [5, 5.41) is 6.35. The van der Waals surface area contributed by atoms with Gasteiger partial charge in [-0.2, -0.15) is 5.10 Å². The van der Waals surface area contributed by atoms with Crippen molar-refractivity contribution in [1.82, 2.24) is 14.9 Å². The molecule has 0 bridgehead atoms. The van der Waals surface area contributed by atoms with Crippen LogP contribution in [0.3, 0.4) is 0 Å². The minimum absolute atomic E-state index is 0.114. The normalized spacial score (nSPS) is 13.4. The number of benzene rings is 1. The molecular formula is C13H17N3O2S. The Kier molecular flexibility index (Phi) is 4.01. The van der Waals surface area contributed by atoms with Gasteiger partial charge in [0.1, 0.15) is 4.90 Å². The van der Waals surface area contributed by atoms with Crippen LogP contribution in [0.2, 0.25) is 0 Å². The van der Waals surface area contributed by atoms with Crippen LogP contribution in [0, 0.1) is 6.92 Å². The van der Waals surface area contributed by atoms with Crippen molar-refractivity contribution < 1.29 is 8.42 Å². The molecule has 0 fully saturated rings. The second-order valence-electron chi connectivity index (χ2n) is 4.52. The maximum atomic E-state index is 12.1. The molecule has 0 amide bonds. The summed E-state index contributed by atoms with van der Waals surface area (Å²) in [5.41, 5.74) is 1.65. The zero-order chi connectivity index (χ0) is 13.9. The Morgan fingerprint density at radius 1 is 1.32 bits per heavy atom. The third-order valence-corrected chi connectivity index (χ3v) is 4.56. The highest BCUT2D eigenvalue weighted by Crippen LogP contribution is 2.15. The molecule has 0 aliphatic carbocycles. The molecule has 1 heterocycles. The van der Waals surface area contributed by atoms with E-state index < -0.39 is 10.0 Å². The summed E-state index contributed by atoms with van der Waals surface area (Å²) in [4.78, 5) is 0.202. The third kappa shape index (κ3) is 3.21. The van der Waals surface area contributed by atoms with Crippen molar-refractivity contribution in [3.63, 3.8) is 0 Å². The lowest BCUT2D eigenvalue weighted by Gasteiger charge is -2.13. The van der Waals surface area contributed by atoms with Crippen molar-refractivity contribution >= 4 is 10.0 Å². The summed E-state index contributed by atoms with van der Waals surface area (Å²) in [7, 11) is -3.49. The van der Waals surface area contributed by atoms with Crippen molar-refractivity contribution in [2.75, 3.05) is 6.54 Å². The van der Waals surface area contributed by atoms with Gasteiger partial charge in [-0.1, -0.05) is 37.3 Å². The molecule has 2 N–H and O–H groups in total.